The van der Waals surface area contributed by atoms with Gasteiger partial charge in [-0.15, -0.1) is 0 Å². The Morgan fingerprint density at radius 3 is 2.57 bits per heavy atom. The molecule has 1 aliphatic heterocycles. The van der Waals surface area contributed by atoms with Crippen LogP contribution in [0, 0.1) is 10.1 Å². The van der Waals surface area contributed by atoms with E-state index in [1.807, 2.05) is 0 Å². The zero-order chi connectivity index (χ0) is 15.6. The minimum absolute atomic E-state index is 0.0841. The highest BCUT2D eigenvalue weighted by Gasteiger charge is 2.31. The van der Waals surface area contributed by atoms with Gasteiger partial charge in [0.25, 0.3) is 5.69 Å². The standard InChI is InChI=1S/C14H13NO6/c1-8-6-11(16)13(14(18)21-8)12(17)7-9-2-4-10(5-3-9)15(19)20/h2-5,8,16H,6-7H2,1H3. The van der Waals surface area contributed by atoms with Crippen molar-refractivity contribution in [2.75, 3.05) is 0 Å². The molecule has 0 aliphatic carbocycles. The van der Waals surface area contributed by atoms with Gasteiger partial charge in [0.1, 0.15) is 17.4 Å². The van der Waals surface area contributed by atoms with Crippen molar-refractivity contribution in [2.24, 2.45) is 0 Å². The number of rotatable bonds is 4. The number of carbonyl (C=O) groups is 2. The van der Waals surface area contributed by atoms with Gasteiger partial charge in [-0.1, -0.05) is 12.1 Å². The van der Waals surface area contributed by atoms with E-state index in [0.29, 0.717) is 5.56 Å². The van der Waals surface area contributed by atoms with Crippen LogP contribution in [0.25, 0.3) is 0 Å². The smallest absolute Gasteiger partial charge is 0.345 e. The maximum atomic E-state index is 12.1. The molecule has 1 unspecified atom stereocenters. The summed E-state index contributed by atoms with van der Waals surface area (Å²) < 4.78 is 4.91. The van der Waals surface area contributed by atoms with Crippen LogP contribution in [-0.4, -0.2) is 27.9 Å². The van der Waals surface area contributed by atoms with E-state index in [1.54, 1.807) is 6.92 Å². The number of hydrogen-bond acceptors (Lipinski definition) is 6. The molecule has 1 aromatic carbocycles. The molecule has 1 N–H and O–H groups in total. The minimum atomic E-state index is -0.835. The summed E-state index contributed by atoms with van der Waals surface area (Å²) in [5.74, 6) is -1.68. The van der Waals surface area contributed by atoms with Gasteiger partial charge in [0.15, 0.2) is 5.78 Å². The fraction of sp³-hybridized carbons (Fsp3) is 0.286. The molecule has 1 aliphatic rings. The molecule has 7 heteroatoms. The lowest BCUT2D eigenvalue weighted by Gasteiger charge is -2.20. The van der Waals surface area contributed by atoms with E-state index < -0.39 is 22.8 Å². The number of cyclic esters (lactones) is 1. The highest BCUT2D eigenvalue weighted by molar-refractivity contribution is 6.18. The van der Waals surface area contributed by atoms with Crippen LogP contribution in [-0.2, 0) is 20.7 Å². The molecule has 0 saturated heterocycles. The van der Waals surface area contributed by atoms with Gasteiger partial charge in [0.2, 0.25) is 0 Å². The molecule has 1 aromatic rings. The first kappa shape index (κ1) is 14.7. The van der Waals surface area contributed by atoms with Crippen molar-refractivity contribution in [2.45, 2.75) is 25.9 Å². The molecule has 21 heavy (non-hydrogen) atoms. The molecule has 0 fully saturated rings. The zero-order valence-electron chi connectivity index (χ0n) is 11.2. The molecule has 0 saturated carbocycles. The van der Waals surface area contributed by atoms with Crippen molar-refractivity contribution in [3.63, 3.8) is 0 Å². The van der Waals surface area contributed by atoms with Gasteiger partial charge in [-0.2, -0.15) is 0 Å². The molecule has 0 aromatic heterocycles. The van der Waals surface area contributed by atoms with E-state index in [0.717, 1.165) is 0 Å². The topological polar surface area (TPSA) is 107 Å². The lowest BCUT2D eigenvalue weighted by molar-refractivity contribution is -0.384. The van der Waals surface area contributed by atoms with Crippen molar-refractivity contribution in [3.05, 3.63) is 51.3 Å². The number of ether oxygens (including phenoxy) is 1. The number of nitro benzene ring substituents is 1. The Kier molecular flexibility index (Phi) is 4.02. The molecule has 1 atom stereocenters. The van der Waals surface area contributed by atoms with E-state index in [1.165, 1.54) is 24.3 Å². The summed E-state index contributed by atoms with van der Waals surface area (Å²) in [5.41, 5.74) is 0.0861. The Balaban J connectivity index is 2.16. The quantitative estimate of drug-likeness (QED) is 0.392. The minimum Gasteiger partial charge on any atom is -0.511 e. The predicted molar refractivity (Wildman–Crippen MR) is 71.6 cm³/mol. The lowest BCUT2D eigenvalue weighted by Crippen LogP contribution is -2.29. The summed E-state index contributed by atoms with van der Waals surface area (Å²) >= 11 is 0. The maximum absolute atomic E-state index is 12.1. The van der Waals surface area contributed by atoms with Crippen molar-refractivity contribution < 1.29 is 24.4 Å². The SMILES string of the molecule is CC1CC(O)=C(C(=O)Cc2ccc([N+](=O)[O-])cc2)C(=O)O1. The number of hydrogen-bond donors (Lipinski definition) is 1. The van der Waals surface area contributed by atoms with Gasteiger partial charge in [-0.25, -0.2) is 4.79 Å². The monoisotopic (exact) mass is 291 g/mol. The van der Waals surface area contributed by atoms with Gasteiger partial charge in [-0.05, 0) is 12.5 Å². The number of nitro groups is 1. The van der Waals surface area contributed by atoms with E-state index >= 15 is 0 Å². The molecule has 0 amide bonds. The van der Waals surface area contributed by atoms with Crippen molar-refractivity contribution in [1.29, 1.82) is 0 Å². The van der Waals surface area contributed by atoms with E-state index in [-0.39, 0.29) is 29.9 Å². The number of aliphatic hydroxyl groups is 1. The summed E-state index contributed by atoms with van der Waals surface area (Å²) in [6, 6.07) is 5.42. The molecule has 7 nitrogen and oxygen atoms in total. The first-order valence-corrected chi connectivity index (χ1v) is 6.28. The number of carbonyl (C=O) groups excluding carboxylic acids is 2. The summed E-state index contributed by atoms with van der Waals surface area (Å²) in [6.07, 6.45) is -0.498. The normalized spacial score (nSPS) is 18.3. The number of esters is 1. The van der Waals surface area contributed by atoms with E-state index in [9.17, 15) is 24.8 Å². The summed E-state index contributed by atoms with van der Waals surface area (Å²) in [5, 5.41) is 20.3. The fourth-order valence-electron chi connectivity index (χ4n) is 2.06. The summed E-state index contributed by atoms with van der Waals surface area (Å²) in [7, 11) is 0. The Bertz CT molecular complexity index is 631. The number of benzene rings is 1. The number of Topliss-reactive ketones (excluding diaryl/α,β-unsaturated/α-hetero) is 1. The highest BCUT2D eigenvalue weighted by Crippen LogP contribution is 2.22. The Hall–Kier alpha value is -2.70. The Morgan fingerprint density at radius 2 is 2.05 bits per heavy atom. The third-order valence-electron chi connectivity index (χ3n) is 3.07. The lowest BCUT2D eigenvalue weighted by atomic mass is 9.98. The number of non-ortho nitro benzene ring substituents is 1. The third kappa shape index (κ3) is 3.25. The van der Waals surface area contributed by atoms with Crippen LogP contribution in [0.4, 0.5) is 5.69 Å². The Labute approximate surface area is 120 Å². The van der Waals surface area contributed by atoms with Crippen molar-refractivity contribution >= 4 is 17.4 Å². The first-order valence-electron chi connectivity index (χ1n) is 6.28. The Morgan fingerprint density at radius 1 is 1.43 bits per heavy atom. The zero-order valence-corrected chi connectivity index (χ0v) is 11.2. The van der Waals surface area contributed by atoms with Crippen LogP contribution < -0.4 is 0 Å². The molecule has 0 radical (unpaired) electrons. The second-order valence-electron chi connectivity index (χ2n) is 4.77. The number of aliphatic hydroxyl groups excluding tert-OH is 1. The van der Waals surface area contributed by atoms with Crippen LogP contribution >= 0.6 is 0 Å². The van der Waals surface area contributed by atoms with Crippen LogP contribution in [0.2, 0.25) is 0 Å². The molecular weight excluding hydrogens is 278 g/mol. The van der Waals surface area contributed by atoms with Gasteiger partial charge in [-0.3, -0.25) is 14.9 Å². The number of ketones is 1. The van der Waals surface area contributed by atoms with E-state index in [4.69, 9.17) is 4.74 Å². The first-order chi connectivity index (χ1) is 9.88. The van der Waals surface area contributed by atoms with Gasteiger partial charge in [0.05, 0.1) is 4.92 Å². The average Bonchev–Trinajstić information content (AvgIpc) is 2.37. The average molecular weight is 291 g/mol. The van der Waals surface area contributed by atoms with Gasteiger partial charge in [0, 0.05) is 25.0 Å². The van der Waals surface area contributed by atoms with Crippen molar-refractivity contribution in [1.82, 2.24) is 0 Å². The van der Waals surface area contributed by atoms with Crippen LogP contribution in [0.1, 0.15) is 18.9 Å². The van der Waals surface area contributed by atoms with Crippen LogP contribution in [0.5, 0.6) is 0 Å². The second-order valence-corrected chi connectivity index (χ2v) is 4.77. The molecule has 1 heterocycles. The summed E-state index contributed by atoms with van der Waals surface area (Å²) in [6.45, 7) is 1.62. The second kappa shape index (κ2) is 5.74. The maximum Gasteiger partial charge on any atom is 0.345 e. The molecule has 0 bridgehead atoms. The molecule has 110 valence electrons. The summed E-state index contributed by atoms with van der Waals surface area (Å²) in [4.78, 5) is 33.7. The largest absolute Gasteiger partial charge is 0.511 e. The van der Waals surface area contributed by atoms with Crippen LogP contribution in [0.3, 0.4) is 0 Å². The highest BCUT2D eigenvalue weighted by atomic mass is 16.6. The molecule has 0 spiro atoms. The molecular formula is C14H13NO6. The molecule has 2 rings (SSSR count). The van der Waals surface area contributed by atoms with Crippen LogP contribution in [0.15, 0.2) is 35.6 Å². The fourth-order valence-corrected chi connectivity index (χ4v) is 2.06. The predicted octanol–water partition coefficient (Wildman–Crippen LogP) is 1.85. The van der Waals surface area contributed by atoms with E-state index in [2.05, 4.69) is 0 Å². The van der Waals surface area contributed by atoms with Crippen molar-refractivity contribution in [3.8, 4) is 0 Å². The van der Waals surface area contributed by atoms with Gasteiger partial charge < -0.3 is 9.84 Å². The van der Waals surface area contributed by atoms with Gasteiger partial charge >= 0.3 is 5.97 Å². The third-order valence-corrected chi connectivity index (χ3v) is 3.07. The number of nitrogens with zero attached hydrogens (tertiary/aromatic N) is 1.